The number of rotatable bonds is 3. The van der Waals surface area contributed by atoms with Gasteiger partial charge in [0.15, 0.2) is 0 Å². The number of hydrogen-bond acceptors (Lipinski definition) is 4. The molecule has 1 aliphatic heterocycles. The van der Waals surface area contributed by atoms with Crippen molar-refractivity contribution in [2.24, 2.45) is 5.73 Å². The molecule has 1 aromatic heterocycles. The summed E-state index contributed by atoms with van der Waals surface area (Å²) in [5, 5.41) is 3.34. The van der Waals surface area contributed by atoms with Gasteiger partial charge in [0.2, 0.25) is 0 Å². The van der Waals surface area contributed by atoms with Crippen LogP contribution in [0.4, 0.5) is 5.82 Å². The van der Waals surface area contributed by atoms with Gasteiger partial charge in [0.05, 0.1) is 0 Å². The SMILES string of the molecule is NC(=S)c1ccnc(NC2CCS(=O)CC2)c1. The van der Waals surface area contributed by atoms with Crippen molar-refractivity contribution in [3.8, 4) is 0 Å². The normalized spacial score (nSPS) is 24.2. The van der Waals surface area contributed by atoms with E-state index in [0.29, 0.717) is 11.0 Å². The average Bonchev–Trinajstić information content (AvgIpc) is 2.32. The first-order chi connectivity index (χ1) is 8.15. The van der Waals surface area contributed by atoms with Gasteiger partial charge in [-0.25, -0.2) is 4.98 Å². The second kappa shape index (κ2) is 5.55. The van der Waals surface area contributed by atoms with Crippen LogP contribution in [-0.4, -0.2) is 31.7 Å². The lowest BCUT2D eigenvalue weighted by Gasteiger charge is -2.23. The zero-order valence-electron chi connectivity index (χ0n) is 9.39. The van der Waals surface area contributed by atoms with Crippen LogP contribution in [0, 0.1) is 0 Å². The van der Waals surface area contributed by atoms with Crippen LogP contribution in [0.3, 0.4) is 0 Å². The minimum atomic E-state index is -0.632. The number of pyridine rings is 1. The minimum absolute atomic E-state index is 0.349. The molecule has 17 heavy (non-hydrogen) atoms. The first-order valence-corrected chi connectivity index (χ1v) is 7.42. The second-order valence-electron chi connectivity index (χ2n) is 4.06. The zero-order valence-corrected chi connectivity index (χ0v) is 11.0. The van der Waals surface area contributed by atoms with Gasteiger partial charge < -0.3 is 11.1 Å². The van der Waals surface area contributed by atoms with Crippen LogP contribution in [0.25, 0.3) is 0 Å². The van der Waals surface area contributed by atoms with Crippen molar-refractivity contribution in [1.82, 2.24) is 4.98 Å². The molecule has 1 aromatic rings. The van der Waals surface area contributed by atoms with Gasteiger partial charge in [-0.05, 0) is 25.0 Å². The van der Waals surface area contributed by atoms with Crippen molar-refractivity contribution in [2.45, 2.75) is 18.9 Å². The van der Waals surface area contributed by atoms with Gasteiger partial charge in [-0.3, -0.25) is 4.21 Å². The van der Waals surface area contributed by atoms with Crippen molar-refractivity contribution in [1.29, 1.82) is 0 Å². The lowest BCUT2D eigenvalue weighted by Crippen LogP contribution is -2.29. The number of anilines is 1. The lowest BCUT2D eigenvalue weighted by molar-refractivity contribution is 0.622. The summed E-state index contributed by atoms with van der Waals surface area (Å²) >= 11 is 4.92. The Hall–Kier alpha value is -1.01. The Labute approximate surface area is 108 Å². The van der Waals surface area contributed by atoms with Crippen LogP contribution in [0.5, 0.6) is 0 Å². The summed E-state index contributed by atoms with van der Waals surface area (Å²) in [7, 11) is -0.632. The molecule has 4 nitrogen and oxygen atoms in total. The maximum Gasteiger partial charge on any atom is 0.126 e. The van der Waals surface area contributed by atoms with Crippen molar-refractivity contribution in [2.75, 3.05) is 16.8 Å². The van der Waals surface area contributed by atoms with Gasteiger partial charge in [-0.1, -0.05) is 12.2 Å². The van der Waals surface area contributed by atoms with E-state index in [9.17, 15) is 4.21 Å². The summed E-state index contributed by atoms with van der Waals surface area (Å²) in [5.74, 6) is 2.33. The van der Waals surface area contributed by atoms with Crippen LogP contribution in [-0.2, 0) is 10.8 Å². The predicted molar refractivity (Wildman–Crippen MR) is 74.6 cm³/mol. The smallest absolute Gasteiger partial charge is 0.126 e. The third-order valence-corrected chi connectivity index (χ3v) is 4.40. The van der Waals surface area contributed by atoms with Gasteiger partial charge in [-0.2, -0.15) is 0 Å². The van der Waals surface area contributed by atoms with E-state index in [0.717, 1.165) is 35.7 Å². The summed E-state index contributed by atoms with van der Waals surface area (Å²) < 4.78 is 11.2. The monoisotopic (exact) mass is 269 g/mol. The number of hydrogen-bond donors (Lipinski definition) is 2. The summed E-state index contributed by atoms with van der Waals surface area (Å²) in [6, 6.07) is 4.00. The van der Waals surface area contributed by atoms with Crippen LogP contribution >= 0.6 is 12.2 Å². The summed E-state index contributed by atoms with van der Waals surface area (Å²) in [6.45, 7) is 0. The second-order valence-corrected chi connectivity index (χ2v) is 6.20. The van der Waals surface area contributed by atoms with E-state index in [4.69, 9.17) is 18.0 Å². The predicted octanol–water partition coefficient (Wildman–Crippen LogP) is 1.04. The minimum Gasteiger partial charge on any atom is -0.389 e. The third-order valence-electron chi connectivity index (χ3n) is 2.78. The van der Waals surface area contributed by atoms with Gasteiger partial charge in [0, 0.05) is 40.1 Å². The fourth-order valence-corrected chi connectivity index (χ4v) is 3.24. The van der Waals surface area contributed by atoms with E-state index in [-0.39, 0.29) is 0 Å². The molecule has 1 saturated heterocycles. The molecule has 1 fully saturated rings. The Morgan fingerprint density at radius 3 is 2.88 bits per heavy atom. The molecule has 3 N–H and O–H groups in total. The zero-order chi connectivity index (χ0) is 12.3. The van der Waals surface area contributed by atoms with Crippen molar-refractivity contribution in [3.05, 3.63) is 23.9 Å². The number of aromatic nitrogens is 1. The molecule has 92 valence electrons. The van der Waals surface area contributed by atoms with E-state index >= 15 is 0 Å². The Kier molecular flexibility index (Phi) is 4.06. The van der Waals surface area contributed by atoms with Crippen LogP contribution in [0.1, 0.15) is 18.4 Å². The summed E-state index contributed by atoms with van der Waals surface area (Å²) in [6.07, 6.45) is 3.54. The highest BCUT2D eigenvalue weighted by Crippen LogP contribution is 2.15. The van der Waals surface area contributed by atoms with Gasteiger partial charge in [0.25, 0.3) is 0 Å². The van der Waals surface area contributed by atoms with Crippen LogP contribution < -0.4 is 11.1 Å². The highest BCUT2D eigenvalue weighted by molar-refractivity contribution is 7.85. The highest BCUT2D eigenvalue weighted by atomic mass is 32.2. The molecular weight excluding hydrogens is 254 g/mol. The van der Waals surface area contributed by atoms with Crippen LogP contribution in [0.15, 0.2) is 18.3 Å². The molecule has 1 aliphatic rings. The molecule has 0 aliphatic carbocycles. The molecule has 0 saturated carbocycles. The fourth-order valence-electron chi connectivity index (χ4n) is 1.81. The number of nitrogens with one attached hydrogen (secondary N) is 1. The summed E-state index contributed by atoms with van der Waals surface area (Å²) in [4.78, 5) is 4.61. The van der Waals surface area contributed by atoms with E-state index < -0.39 is 10.8 Å². The van der Waals surface area contributed by atoms with Gasteiger partial charge in [-0.15, -0.1) is 0 Å². The molecule has 0 aromatic carbocycles. The maximum atomic E-state index is 11.2. The number of nitrogens with zero attached hydrogens (tertiary/aromatic N) is 1. The lowest BCUT2D eigenvalue weighted by atomic mass is 10.1. The molecular formula is C11H15N3OS2. The number of nitrogens with two attached hydrogens (primary N) is 1. The molecule has 0 radical (unpaired) electrons. The largest absolute Gasteiger partial charge is 0.389 e. The van der Waals surface area contributed by atoms with E-state index in [1.54, 1.807) is 12.3 Å². The Bertz CT molecular complexity index is 440. The maximum absolute atomic E-state index is 11.2. The standard InChI is InChI=1S/C11H15N3OS2/c12-11(16)8-1-4-13-10(7-8)14-9-2-5-17(15)6-3-9/h1,4,7,9H,2-3,5-6H2,(H2,12,16)(H,13,14). The Morgan fingerprint density at radius 2 is 2.24 bits per heavy atom. The van der Waals surface area contributed by atoms with Gasteiger partial charge in [0.1, 0.15) is 10.8 Å². The molecule has 0 amide bonds. The molecule has 0 unspecified atom stereocenters. The van der Waals surface area contributed by atoms with E-state index in [1.807, 2.05) is 6.07 Å². The van der Waals surface area contributed by atoms with Crippen molar-refractivity contribution >= 4 is 33.8 Å². The highest BCUT2D eigenvalue weighted by Gasteiger charge is 2.17. The molecule has 6 heteroatoms. The fraction of sp³-hybridized carbons (Fsp3) is 0.455. The first-order valence-electron chi connectivity index (χ1n) is 5.52. The quantitative estimate of drug-likeness (QED) is 0.803. The van der Waals surface area contributed by atoms with Crippen LogP contribution in [0.2, 0.25) is 0 Å². The van der Waals surface area contributed by atoms with Gasteiger partial charge >= 0.3 is 0 Å². The van der Waals surface area contributed by atoms with E-state index in [2.05, 4.69) is 10.3 Å². The van der Waals surface area contributed by atoms with Crippen molar-refractivity contribution < 1.29 is 4.21 Å². The third kappa shape index (κ3) is 3.47. The molecule has 0 atom stereocenters. The molecule has 2 heterocycles. The first kappa shape index (κ1) is 12.4. The van der Waals surface area contributed by atoms with Crippen molar-refractivity contribution in [3.63, 3.8) is 0 Å². The molecule has 0 spiro atoms. The Balaban J connectivity index is 2.01. The number of thiocarbonyl (C=S) groups is 1. The average molecular weight is 269 g/mol. The Morgan fingerprint density at radius 1 is 1.53 bits per heavy atom. The topological polar surface area (TPSA) is 68.0 Å². The molecule has 2 rings (SSSR count). The van der Waals surface area contributed by atoms with E-state index in [1.165, 1.54) is 0 Å². The summed E-state index contributed by atoms with van der Waals surface area (Å²) in [5.41, 5.74) is 6.39. The molecule has 0 bridgehead atoms.